The fourth-order valence-electron chi connectivity index (χ4n) is 0.212. The van der Waals surface area contributed by atoms with Crippen molar-refractivity contribution in [3.8, 4) is 0 Å². The summed E-state index contributed by atoms with van der Waals surface area (Å²) in [4.78, 5) is 38.2. The molecule has 0 rings (SSSR count). The molecule has 0 spiro atoms. The molecule has 11 heteroatoms. The standard InChI is InChI=1S/CH6O6P2.2H2O.Tc/c2-8(3,4)1-9(5,6)7;;;/h1H2,(H2,2,3,4)(H2,5,6,7);2*1H2;/q;;;+4/p-4/i;;;1+0. The van der Waals surface area contributed by atoms with E-state index >= 15 is 0 Å². The Morgan fingerprint density at radius 3 is 1.00 bits per heavy atom. The van der Waals surface area contributed by atoms with Crippen LogP contribution in [0.4, 0.5) is 0 Å². The Labute approximate surface area is 81.3 Å². The van der Waals surface area contributed by atoms with Gasteiger partial charge in [-0.25, -0.2) is 0 Å². The zero-order chi connectivity index (χ0) is 7.71. The SMILES string of the molecule is O.O.O=P([O-])([O-])CP(=O)([O-])[O-].[98Tc+4]. The summed E-state index contributed by atoms with van der Waals surface area (Å²) >= 11 is 0. The largest absolute Gasteiger partial charge is 4.00 e. The van der Waals surface area contributed by atoms with Crippen LogP contribution in [0.15, 0.2) is 0 Å². The maximum absolute atomic E-state index is 9.55. The normalized spacial score (nSPS) is 10.3. The van der Waals surface area contributed by atoms with Crippen LogP contribution in [0.25, 0.3) is 0 Å². The maximum Gasteiger partial charge on any atom is 4.00 e. The van der Waals surface area contributed by atoms with Crippen molar-refractivity contribution in [2.75, 3.05) is 5.90 Å². The van der Waals surface area contributed by atoms with E-state index in [1.165, 1.54) is 0 Å². The number of hydrogen-bond donors (Lipinski definition) is 0. The third-order valence-corrected chi connectivity index (χ3v) is 3.12. The fourth-order valence-corrected chi connectivity index (χ4v) is 1.91. The minimum absolute atomic E-state index is 0. The molecule has 0 aliphatic heterocycles. The smallest absolute Gasteiger partial charge is 0.810 e. The second-order valence-electron chi connectivity index (χ2n) is 1.36. The van der Waals surface area contributed by atoms with Gasteiger partial charge in [0.15, 0.2) is 0 Å². The van der Waals surface area contributed by atoms with Crippen molar-refractivity contribution in [1.29, 1.82) is 0 Å². The molecule has 0 aliphatic carbocycles. The van der Waals surface area contributed by atoms with Crippen molar-refractivity contribution in [2.45, 2.75) is 0 Å². The van der Waals surface area contributed by atoms with Gasteiger partial charge in [0.25, 0.3) is 0 Å². The molecule has 0 heterocycles. The average Bonchev–Trinajstić information content (AvgIpc) is 1.14. The van der Waals surface area contributed by atoms with Crippen LogP contribution in [-0.2, 0) is 29.2 Å². The molecule has 0 aromatic heterocycles. The van der Waals surface area contributed by atoms with Crippen LogP contribution < -0.4 is 19.6 Å². The minimum atomic E-state index is -5.18. The Balaban J connectivity index is -0.000000107. The van der Waals surface area contributed by atoms with Gasteiger partial charge in [-0.3, -0.25) is 0 Å². The van der Waals surface area contributed by atoms with Gasteiger partial charge in [0.2, 0.25) is 0 Å². The summed E-state index contributed by atoms with van der Waals surface area (Å²) in [6.45, 7) is 0. The first-order valence-electron chi connectivity index (χ1n) is 1.73. The van der Waals surface area contributed by atoms with Crippen molar-refractivity contribution in [3.05, 3.63) is 0 Å². The van der Waals surface area contributed by atoms with Gasteiger partial charge in [0.05, 0.1) is 0 Å². The van der Waals surface area contributed by atoms with E-state index in [1.807, 2.05) is 0 Å². The minimum Gasteiger partial charge on any atom is -0.810 e. The van der Waals surface area contributed by atoms with Crippen LogP contribution in [0.2, 0.25) is 0 Å². The van der Waals surface area contributed by atoms with Gasteiger partial charge in [-0.05, 0) is 0 Å². The van der Waals surface area contributed by atoms with E-state index in [0.29, 0.717) is 0 Å². The van der Waals surface area contributed by atoms with E-state index in [9.17, 15) is 28.7 Å². The summed E-state index contributed by atoms with van der Waals surface area (Å²) in [5.41, 5.74) is 0. The zero-order valence-corrected chi connectivity index (χ0v) is 9.08. The molecule has 0 fully saturated rings. The monoisotopic (exact) mass is 306 g/mol. The van der Waals surface area contributed by atoms with Crippen molar-refractivity contribution in [1.82, 2.24) is 0 Å². The first kappa shape index (κ1) is 23.0. The van der Waals surface area contributed by atoms with Crippen LogP contribution in [0, 0.1) is 0 Å². The van der Waals surface area contributed by atoms with Gasteiger partial charge in [-0.1, -0.05) is 15.2 Å². The third-order valence-electron chi connectivity index (χ3n) is 0.346. The van der Waals surface area contributed by atoms with Crippen LogP contribution in [-0.4, -0.2) is 16.9 Å². The summed E-state index contributed by atoms with van der Waals surface area (Å²) in [6.07, 6.45) is 0. The van der Waals surface area contributed by atoms with E-state index in [0.717, 1.165) is 0 Å². The molecule has 0 bridgehead atoms. The molecular weight excluding hydrogens is 300 g/mol. The molecule has 1 radical (unpaired) electrons. The molecule has 0 saturated carbocycles. The molecule has 0 unspecified atom stereocenters. The third kappa shape index (κ3) is 22.4. The second kappa shape index (κ2) is 7.29. The number of rotatable bonds is 2. The quantitative estimate of drug-likeness (QED) is 0.459. The average molecular weight is 306 g/mol. The van der Waals surface area contributed by atoms with E-state index < -0.39 is 21.1 Å². The Bertz CT molecular complexity index is 157. The van der Waals surface area contributed by atoms with Crippen molar-refractivity contribution < 1.29 is 59.8 Å². The molecule has 8 nitrogen and oxygen atoms in total. The van der Waals surface area contributed by atoms with E-state index in [2.05, 4.69) is 0 Å². The number of hydrogen-bond acceptors (Lipinski definition) is 6. The topological polar surface area (TPSA) is 189 Å². The predicted molar refractivity (Wildman–Crippen MR) is 27.3 cm³/mol. The molecule has 0 aliphatic rings. The molecule has 0 amide bonds. The maximum atomic E-state index is 9.55. The van der Waals surface area contributed by atoms with Gasteiger partial charge in [-0.2, -0.15) is 0 Å². The van der Waals surface area contributed by atoms with Gasteiger partial charge in [0.1, 0.15) is 0 Å². The zero-order valence-electron chi connectivity index (χ0n) is 5.43. The first-order chi connectivity index (χ1) is 3.71. The summed E-state index contributed by atoms with van der Waals surface area (Å²) < 4.78 is 19.1. The van der Waals surface area contributed by atoms with Crippen LogP contribution >= 0.6 is 15.2 Å². The molecule has 4 N–H and O–H groups in total. The Kier molecular flexibility index (Phi) is 14.0. The molecular formula is CH6O8P2Tc. The summed E-state index contributed by atoms with van der Waals surface area (Å²) in [5.74, 6) is -1.82. The van der Waals surface area contributed by atoms with Gasteiger partial charge in [-0.15, -0.1) is 0 Å². The van der Waals surface area contributed by atoms with Gasteiger partial charge >= 0.3 is 20.1 Å². The fraction of sp³-hybridized carbons (Fsp3) is 1.00. The van der Waals surface area contributed by atoms with Gasteiger partial charge < -0.3 is 39.7 Å². The molecule has 0 aromatic rings. The van der Waals surface area contributed by atoms with Gasteiger partial charge in [0, 0.05) is 5.90 Å². The summed E-state index contributed by atoms with van der Waals surface area (Å²) in [5, 5.41) is 0. The predicted octanol–water partition coefficient (Wildman–Crippen LogP) is -4.88. The van der Waals surface area contributed by atoms with Crippen molar-refractivity contribution in [2.24, 2.45) is 0 Å². The Morgan fingerprint density at radius 1 is 0.833 bits per heavy atom. The molecule has 75 valence electrons. The van der Waals surface area contributed by atoms with Crippen LogP contribution in [0.3, 0.4) is 0 Å². The van der Waals surface area contributed by atoms with Crippen LogP contribution in [0.1, 0.15) is 0 Å². The molecule has 0 aromatic carbocycles. The van der Waals surface area contributed by atoms with Crippen LogP contribution in [0.5, 0.6) is 0 Å². The molecule has 0 atom stereocenters. The molecule has 0 saturated heterocycles. The Hall–Kier alpha value is 0.869. The summed E-state index contributed by atoms with van der Waals surface area (Å²) in [6, 6.07) is 0. The second-order valence-corrected chi connectivity index (χ2v) is 4.94. The van der Waals surface area contributed by atoms with E-state index in [-0.39, 0.29) is 31.1 Å². The Morgan fingerprint density at radius 2 is 1.00 bits per heavy atom. The first-order valence-corrected chi connectivity index (χ1v) is 5.18. The van der Waals surface area contributed by atoms with Crippen molar-refractivity contribution >= 4 is 15.2 Å². The van der Waals surface area contributed by atoms with Crippen molar-refractivity contribution in [3.63, 3.8) is 0 Å². The molecule has 12 heavy (non-hydrogen) atoms. The van der Waals surface area contributed by atoms with E-state index in [4.69, 9.17) is 0 Å². The summed E-state index contributed by atoms with van der Waals surface area (Å²) in [7, 11) is -10.4. The van der Waals surface area contributed by atoms with E-state index in [1.54, 1.807) is 0 Å².